The number of ether oxygens (including phenoxy) is 1. The number of hydrogen-bond donors (Lipinski definition) is 1. The molecule has 6 heteroatoms. The summed E-state index contributed by atoms with van der Waals surface area (Å²) in [6, 6.07) is 0.522. The molecular formula is C14H22N4O2. The second-order valence-electron chi connectivity index (χ2n) is 6.64. The maximum Gasteiger partial charge on any atom is 0.410 e. The standard InChI is InChI=1S/C14H22N4O2/c1-14(2,3)20-13(19)17-7-6-11-10(8-17)12(15)16-18(11)9-4-5-9/h9H,4-8H2,1-3H3,(H2,15,16). The average molecular weight is 278 g/mol. The number of carbonyl (C=O) groups is 1. The third-order valence-electron chi connectivity index (χ3n) is 3.66. The van der Waals surface area contributed by atoms with Crippen molar-refractivity contribution in [1.82, 2.24) is 14.7 Å². The van der Waals surface area contributed by atoms with Crippen LogP contribution in [0.4, 0.5) is 10.6 Å². The molecule has 2 aliphatic rings. The number of rotatable bonds is 1. The van der Waals surface area contributed by atoms with E-state index in [1.54, 1.807) is 4.90 Å². The molecule has 0 bridgehead atoms. The minimum Gasteiger partial charge on any atom is -0.444 e. The summed E-state index contributed by atoms with van der Waals surface area (Å²) >= 11 is 0. The minimum absolute atomic E-state index is 0.276. The summed E-state index contributed by atoms with van der Waals surface area (Å²) in [5, 5.41) is 4.44. The average Bonchev–Trinajstić information content (AvgIpc) is 3.13. The maximum absolute atomic E-state index is 12.1. The third-order valence-corrected chi connectivity index (χ3v) is 3.66. The van der Waals surface area contributed by atoms with E-state index in [1.807, 2.05) is 20.8 Å². The Kier molecular flexibility index (Phi) is 2.92. The summed E-state index contributed by atoms with van der Waals surface area (Å²) in [5.41, 5.74) is 7.73. The van der Waals surface area contributed by atoms with E-state index in [0.29, 0.717) is 24.9 Å². The van der Waals surface area contributed by atoms with Gasteiger partial charge in [0.1, 0.15) is 5.60 Å². The highest BCUT2D eigenvalue weighted by atomic mass is 16.6. The molecule has 1 fully saturated rings. The predicted molar refractivity (Wildman–Crippen MR) is 75.3 cm³/mol. The second-order valence-corrected chi connectivity index (χ2v) is 6.64. The number of amides is 1. The summed E-state index contributed by atoms with van der Waals surface area (Å²) in [5.74, 6) is 0.556. The van der Waals surface area contributed by atoms with Gasteiger partial charge in [-0.3, -0.25) is 4.68 Å². The van der Waals surface area contributed by atoms with Crippen molar-refractivity contribution in [2.45, 2.75) is 58.2 Å². The number of anilines is 1. The molecule has 1 aliphatic heterocycles. The van der Waals surface area contributed by atoms with Gasteiger partial charge in [-0.15, -0.1) is 0 Å². The number of fused-ring (bicyclic) bond motifs is 1. The van der Waals surface area contributed by atoms with Crippen molar-refractivity contribution in [3.05, 3.63) is 11.3 Å². The molecule has 0 radical (unpaired) electrons. The van der Waals surface area contributed by atoms with Crippen LogP contribution < -0.4 is 5.73 Å². The van der Waals surface area contributed by atoms with Crippen LogP contribution in [0.1, 0.15) is 50.9 Å². The summed E-state index contributed by atoms with van der Waals surface area (Å²) in [7, 11) is 0. The highest BCUT2D eigenvalue weighted by Gasteiger charge is 2.34. The van der Waals surface area contributed by atoms with Gasteiger partial charge in [-0.25, -0.2) is 4.79 Å². The normalized spacial score (nSPS) is 18.9. The van der Waals surface area contributed by atoms with Crippen molar-refractivity contribution < 1.29 is 9.53 Å². The fourth-order valence-corrected chi connectivity index (χ4v) is 2.57. The Bertz CT molecular complexity index is 540. The van der Waals surface area contributed by atoms with Crippen molar-refractivity contribution >= 4 is 11.9 Å². The van der Waals surface area contributed by atoms with Gasteiger partial charge < -0.3 is 15.4 Å². The summed E-state index contributed by atoms with van der Waals surface area (Å²) < 4.78 is 7.48. The molecule has 20 heavy (non-hydrogen) atoms. The van der Waals surface area contributed by atoms with Crippen LogP contribution in [0.25, 0.3) is 0 Å². The first kappa shape index (κ1) is 13.3. The van der Waals surface area contributed by atoms with Crippen LogP contribution in [0.3, 0.4) is 0 Å². The molecule has 1 aromatic heterocycles. The number of nitrogens with two attached hydrogens (primary N) is 1. The topological polar surface area (TPSA) is 73.4 Å². The van der Waals surface area contributed by atoms with Gasteiger partial charge in [0.15, 0.2) is 5.82 Å². The molecule has 1 saturated carbocycles. The summed E-state index contributed by atoms with van der Waals surface area (Å²) in [4.78, 5) is 13.8. The predicted octanol–water partition coefficient (Wildman–Crippen LogP) is 2.09. The number of nitrogens with zero attached hydrogens (tertiary/aromatic N) is 3. The molecule has 1 aromatic rings. The van der Waals surface area contributed by atoms with E-state index in [9.17, 15) is 4.79 Å². The van der Waals surface area contributed by atoms with Crippen LogP contribution in [-0.2, 0) is 17.7 Å². The lowest BCUT2D eigenvalue weighted by Gasteiger charge is -2.30. The van der Waals surface area contributed by atoms with E-state index in [4.69, 9.17) is 10.5 Å². The van der Waals surface area contributed by atoms with Crippen molar-refractivity contribution in [3.8, 4) is 0 Å². The first-order chi connectivity index (χ1) is 9.35. The molecule has 2 heterocycles. The van der Waals surface area contributed by atoms with Gasteiger partial charge in [0, 0.05) is 24.2 Å². The van der Waals surface area contributed by atoms with E-state index < -0.39 is 5.60 Å². The number of carbonyl (C=O) groups excluding carboxylic acids is 1. The van der Waals surface area contributed by atoms with Crippen molar-refractivity contribution in [1.29, 1.82) is 0 Å². The lowest BCUT2D eigenvalue weighted by atomic mass is 10.1. The molecule has 0 spiro atoms. The van der Waals surface area contributed by atoms with E-state index in [-0.39, 0.29) is 6.09 Å². The van der Waals surface area contributed by atoms with Gasteiger partial charge in [0.05, 0.1) is 12.6 Å². The highest BCUT2D eigenvalue weighted by molar-refractivity contribution is 5.69. The Morgan fingerprint density at radius 1 is 1.40 bits per heavy atom. The molecule has 0 aromatic carbocycles. The van der Waals surface area contributed by atoms with Crippen LogP contribution >= 0.6 is 0 Å². The molecule has 2 N–H and O–H groups in total. The quantitative estimate of drug-likeness (QED) is 0.853. The molecule has 0 saturated heterocycles. The van der Waals surface area contributed by atoms with E-state index in [0.717, 1.165) is 12.0 Å². The number of hydrogen-bond acceptors (Lipinski definition) is 4. The van der Waals surface area contributed by atoms with Gasteiger partial charge in [0.2, 0.25) is 0 Å². The van der Waals surface area contributed by atoms with Gasteiger partial charge in [-0.2, -0.15) is 5.10 Å². The Balaban J connectivity index is 1.77. The van der Waals surface area contributed by atoms with Crippen LogP contribution in [0.15, 0.2) is 0 Å². The van der Waals surface area contributed by atoms with Gasteiger partial charge in [-0.1, -0.05) is 0 Å². The Morgan fingerprint density at radius 3 is 2.70 bits per heavy atom. The zero-order valence-corrected chi connectivity index (χ0v) is 12.3. The SMILES string of the molecule is CC(C)(C)OC(=O)N1CCc2c(c(N)nn2C2CC2)C1. The molecule has 6 nitrogen and oxygen atoms in total. The molecule has 0 unspecified atom stereocenters. The summed E-state index contributed by atoms with van der Waals surface area (Å²) in [6.45, 7) is 6.79. The van der Waals surface area contributed by atoms with Crippen LogP contribution in [-0.4, -0.2) is 32.9 Å². The number of nitrogen functional groups attached to an aromatic ring is 1. The fraction of sp³-hybridized carbons (Fsp3) is 0.714. The minimum atomic E-state index is -0.471. The zero-order chi connectivity index (χ0) is 14.5. The lowest BCUT2D eigenvalue weighted by molar-refractivity contribution is 0.0223. The first-order valence-corrected chi connectivity index (χ1v) is 7.19. The lowest BCUT2D eigenvalue weighted by Crippen LogP contribution is -2.40. The zero-order valence-electron chi connectivity index (χ0n) is 12.3. The third kappa shape index (κ3) is 2.46. The Labute approximate surface area is 118 Å². The van der Waals surface area contributed by atoms with Crippen molar-refractivity contribution in [2.24, 2.45) is 0 Å². The molecule has 3 rings (SSSR count). The Morgan fingerprint density at radius 2 is 2.10 bits per heavy atom. The first-order valence-electron chi connectivity index (χ1n) is 7.19. The van der Waals surface area contributed by atoms with Gasteiger partial charge in [0.25, 0.3) is 0 Å². The largest absolute Gasteiger partial charge is 0.444 e. The molecule has 1 aliphatic carbocycles. The smallest absolute Gasteiger partial charge is 0.410 e. The van der Waals surface area contributed by atoms with E-state index in [1.165, 1.54) is 18.5 Å². The molecular weight excluding hydrogens is 256 g/mol. The second kappa shape index (κ2) is 4.40. The molecule has 1 amide bonds. The Hall–Kier alpha value is -1.72. The van der Waals surface area contributed by atoms with E-state index >= 15 is 0 Å². The maximum atomic E-state index is 12.1. The van der Waals surface area contributed by atoms with Gasteiger partial charge >= 0.3 is 6.09 Å². The van der Waals surface area contributed by atoms with Crippen molar-refractivity contribution in [2.75, 3.05) is 12.3 Å². The number of aromatic nitrogens is 2. The monoisotopic (exact) mass is 278 g/mol. The van der Waals surface area contributed by atoms with Crippen LogP contribution in [0.2, 0.25) is 0 Å². The highest BCUT2D eigenvalue weighted by Crippen LogP contribution is 2.38. The summed E-state index contributed by atoms with van der Waals surface area (Å²) in [6.07, 6.45) is 2.89. The van der Waals surface area contributed by atoms with Crippen LogP contribution in [0.5, 0.6) is 0 Å². The van der Waals surface area contributed by atoms with Crippen molar-refractivity contribution in [3.63, 3.8) is 0 Å². The fourth-order valence-electron chi connectivity index (χ4n) is 2.57. The van der Waals surface area contributed by atoms with E-state index in [2.05, 4.69) is 9.78 Å². The molecule has 110 valence electrons. The molecule has 0 atom stereocenters. The van der Waals surface area contributed by atoms with Crippen LogP contribution in [0, 0.1) is 0 Å². The van der Waals surface area contributed by atoms with Gasteiger partial charge in [-0.05, 0) is 33.6 Å².